The molecule has 0 spiro atoms. The number of aromatic nitrogens is 2. The molecule has 0 aliphatic heterocycles. The van der Waals surface area contributed by atoms with Gasteiger partial charge >= 0.3 is 0 Å². The van der Waals surface area contributed by atoms with Crippen LogP contribution in [-0.4, -0.2) is 27.5 Å². The summed E-state index contributed by atoms with van der Waals surface area (Å²) in [4.78, 5) is 17.5. The van der Waals surface area contributed by atoms with Crippen LogP contribution >= 0.6 is 23.5 Å². The van der Waals surface area contributed by atoms with Crippen LogP contribution in [0, 0.1) is 0 Å². The van der Waals surface area contributed by atoms with Crippen molar-refractivity contribution in [3.05, 3.63) is 54.4 Å². The number of rotatable bonds is 7. The van der Waals surface area contributed by atoms with Crippen molar-refractivity contribution in [1.29, 1.82) is 0 Å². The molecule has 136 valence electrons. The number of hydrogen-bond donors (Lipinski definition) is 1. The third-order valence-corrected chi connectivity index (χ3v) is 5.02. The first-order valence-corrected chi connectivity index (χ1v) is 10.1. The van der Waals surface area contributed by atoms with Crippen LogP contribution in [0.2, 0.25) is 0 Å². The number of carbonyl (C=O) groups excluding carboxylic acids is 1. The van der Waals surface area contributed by atoms with Crippen molar-refractivity contribution in [2.24, 2.45) is 0 Å². The topological polar surface area (TPSA) is 46.9 Å². The van der Waals surface area contributed by atoms with Crippen LogP contribution in [0.3, 0.4) is 0 Å². The van der Waals surface area contributed by atoms with E-state index in [1.54, 1.807) is 36.0 Å². The Morgan fingerprint density at radius 2 is 1.92 bits per heavy atom. The zero-order chi connectivity index (χ0) is 18.5. The molecule has 1 amide bonds. The number of amides is 1. The van der Waals surface area contributed by atoms with E-state index in [0.29, 0.717) is 28.1 Å². The maximum atomic E-state index is 12.7. The van der Waals surface area contributed by atoms with Crippen molar-refractivity contribution in [3.8, 4) is 0 Å². The molecule has 3 aromatic rings. The van der Waals surface area contributed by atoms with Crippen LogP contribution in [0.4, 0.5) is 14.5 Å². The number of nitrogens with one attached hydrogen (secondary N) is 1. The molecular weight excluding hydrogens is 376 g/mol. The number of alkyl halides is 2. The Morgan fingerprint density at radius 3 is 2.69 bits per heavy atom. The number of halogens is 2. The Bertz CT molecular complexity index is 914. The number of imidazole rings is 1. The lowest BCUT2D eigenvalue weighted by Gasteiger charge is -2.12. The molecule has 1 aromatic heterocycles. The number of hydrogen-bond acceptors (Lipinski definition) is 4. The van der Waals surface area contributed by atoms with Gasteiger partial charge in [0.1, 0.15) is 12.4 Å². The first-order valence-electron chi connectivity index (χ1n) is 7.85. The van der Waals surface area contributed by atoms with Gasteiger partial charge in [0.2, 0.25) is 5.91 Å². The largest absolute Gasteiger partial charge is 0.324 e. The van der Waals surface area contributed by atoms with Crippen molar-refractivity contribution in [2.45, 2.75) is 23.0 Å². The van der Waals surface area contributed by atoms with Gasteiger partial charge in [0, 0.05) is 4.90 Å². The normalized spacial score (nSPS) is 11.2. The van der Waals surface area contributed by atoms with Crippen LogP contribution in [0.15, 0.2) is 53.4 Å². The van der Waals surface area contributed by atoms with Gasteiger partial charge in [0.05, 0.1) is 22.5 Å². The summed E-state index contributed by atoms with van der Waals surface area (Å²) < 4.78 is 27.2. The van der Waals surface area contributed by atoms with Crippen molar-refractivity contribution < 1.29 is 13.6 Å². The molecule has 0 atom stereocenters. The summed E-state index contributed by atoms with van der Waals surface area (Å²) in [6.45, 7) is 0.0735. The Labute approximate surface area is 158 Å². The Balaban J connectivity index is 1.83. The van der Waals surface area contributed by atoms with Crippen LogP contribution in [0.25, 0.3) is 11.0 Å². The molecule has 1 N–H and O–H groups in total. The molecule has 0 saturated heterocycles. The Kier molecular flexibility index (Phi) is 6.16. The quantitative estimate of drug-likeness (QED) is 0.583. The number of fused-ring (bicyclic) bond motifs is 1. The van der Waals surface area contributed by atoms with E-state index in [2.05, 4.69) is 10.3 Å². The summed E-state index contributed by atoms with van der Waals surface area (Å²) in [5.74, 6) is -1.33. The van der Waals surface area contributed by atoms with E-state index in [1.165, 1.54) is 0 Å². The SMILES string of the molecule is CSCc1nc2ccccc2n1CC(=O)Nc1ccccc1SC(F)F. The van der Waals surface area contributed by atoms with E-state index in [9.17, 15) is 13.6 Å². The molecule has 1 heterocycles. The van der Waals surface area contributed by atoms with Gasteiger partial charge in [-0.2, -0.15) is 20.5 Å². The number of para-hydroxylation sites is 3. The molecule has 0 fully saturated rings. The monoisotopic (exact) mass is 393 g/mol. The smallest absolute Gasteiger partial charge is 0.288 e. The van der Waals surface area contributed by atoms with Crippen LogP contribution < -0.4 is 5.32 Å². The van der Waals surface area contributed by atoms with E-state index in [-0.39, 0.29) is 12.5 Å². The summed E-state index contributed by atoms with van der Waals surface area (Å²) in [6.07, 6.45) is 1.97. The standard InChI is InChI=1S/C18H17F2N3OS2/c1-25-11-16-21-12-6-2-4-8-14(12)23(16)10-17(24)22-13-7-3-5-9-15(13)26-18(19)20/h2-9,18H,10-11H2,1H3,(H,22,24). The molecule has 0 unspecified atom stereocenters. The van der Waals surface area contributed by atoms with Gasteiger partial charge in [-0.1, -0.05) is 36.0 Å². The molecule has 0 bridgehead atoms. The summed E-state index contributed by atoms with van der Waals surface area (Å²) in [6, 6.07) is 14.2. The fourth-order valence-electron chi connectivity index (χ4n) is 2.64. The zero-order valence-corrected chi connectivity index (χ0v) is 15.6. The van der Waals surface area contributed by atoms with Gasteiger partial charge in [-0.05, 0) is 30.5 Å². The minimum atomic E-state index is -2.54. The van der Waals surface area contributed by atoms with Gasteiger partial charge in [0.15, 0.2) is 0 Å². The van der Waals surface area contributed by atoms with E-state index >= 15 is 0 Å². The van der Waals surface area contributed by atoms with Crippen molar-refractivity contribution in [1.82, 2.24) is 9.55 Å². The fourth-order valence-corrected chi connectivity index (χ4v) is 3.72. The fraction of sp³-hybridized carbons (Fsp3) is 0.222. The first kappa shape index (κ1) is 18.7. The summed E-state index contributed by atoms with van der Waals surface area (Å²) in [7, 11) is 0. The lowest BCUT2D eigenvalue weighted by Crippen LogP contribution is -2.20. The maximum absolute atomic E-state index is 12.7. The van der Waals surface area contributed by atoms with Crippen LogP contribution in [-0.2, 0) is 17.1 Å². The average molecular weight is 393 g/mol. The highest BCUT2D eigenvalue weighted by molar-refractivity contribution is 7.99. The number of nitrogens with zero attached hydrogens (tertiary/aromatic N) is 2. The number of benzene rings is 2. The van der Waals surface area contributed by atoms with Gasteiger partial charge in [-0.3, -0.25) is 4.79 Å². The van der Waals surface area contributed by atoms with Gasteiger partial charge in [-0.25, -0.2) is 4.98 Å². The number of carbonyl (C=O) groups is 1. The lowest BCUT2D eigenvalue weighted by molar-refractivity contribution is -0.116. The molecule has 8 heteroatoms. The summed E-state index contributed by atoms with van der Waals surface area (Å²) in [5.41, 5.74) is 2.10. The maximum Gasteiger partial charge on any atom is 0.288 e. The van der Waals surface area contributed by atoms with Gasteiger partial charge in [0.25, 0.3) is 5.76 Å². The second-order valence-corrected chi connectivity index (χ2v) is 7.36. The Morgan fingerprint density at radius 1 is 1.19 bits per heavy atom. The highest BCUT2D eigenvalue weighted by atomic mass is 32.2. The summed E-state index contributed by atoms with van der Waals surface area (Å²) >= 11 is 2.04. The van der Waals surface area contributed by atoms with Crippen molar-refractivity contribution >= 4 is 46.2 Å². The molecule has 0 aliphatic rings. The van der Waals surface area contributed by atoms with E-state index < -0.39 is 5.76 Å². The average Bonchev–Trinajstić information content (AvgIpc) is 2.94. The van der Waals surface area contributed by atoms with Crippen molar-refractivity contribution in [3.63, 3.8) is 0 Å². The highest BCUT2D eigenvalue weighted by Gasteiger charge is 2.15. The lowest BCUT2D eigenvalue weighted by atomic mass is 10.3. The molecule has 0 saturated carbocycles. The molecular formula is C18H17F2N3OS2. The van der Waals surface area contributed by atoms with Crippen LogP contribution in [0.5, 0.6) is 0 Å². The molecule has 26 heavy (non-hydrogen) atoms. The first-order chi connectivity index (χ1) is 12.6. The minimum Gasteiger partial charge on any atom is -0.324 e. The molecule has 4 nitrogen and oxygen atoms in total. The predicted molar refractivity (Wildman–Crippen MR) is 104 cm³/mol. The van der Waals surface area contributed by atoms with E-state index in [4.69, 9.17) is 0 Å². The Hall–Kier alpha value is -2.06. The van der Waals surface area contributed by atoms with Crippen LogP contribution in [0.1, 0.15) is 5.82 Å². The molecule has 3 rings (SSSR count). The second-order valence-electron chi connectivity index (χ2n) is 5.46. The summed E-state index contributed by atoms with van der Waals surface area (Å²) in [5, 5.41) is 2.74. The minimum absolute atomic E-state index is 0.0735. The molecule has 0 aliphatic carbocycles. The van der Waals surface area contributed by atoms with E-state index in [1.807, 2.05) is 35.1 Å². The van der Waals surface area contributed by atoms with Gasteiger partial charge in [-0.15, -0.1) is 0 Å². The third-order valence-electron chi connectivity index (χ3n) is 3.69. The number of thioether (sulfide) groups is 2. The van der Waals surface area contributed by atoms with Crippen molar-refractivity contribution in [2.75, 3.05) is 11.6 Å². The highest BCUT2D eigenvalue weighted by Crippen LogP contribution is 2.31. The molecule has 2 aromatic carbocycles. The predicted octanol–water partition coefficient (Wildman–Crippen LogP) is 4.85. The van der Waals surface area contributed by atoms with E-state index in [0.717, 1.165) is 16.9 Å². The zero-order valence-electron chi connectivity index (χ0n) is 14.0. The third kappa shape index (κ3) is 4.37. The second kappa shape index (κ2) is 8.55. The molecule has 0 radical (unpaired) electrons. The van der Waals surface area contributed by atoms with Gasteiger partial charge < -0.3 is 9.88 Å². The number of anilines is 1.